The van der Waals surface area contributed by atoms with Gasteiger partial charge in [-0.05, 0) is 18.2 Å². The van der Waals surface area contributed by atoms with Crippen LogP contribution in [0.3, 0.4) is 0 Å². The molecule has 1 aliphatic heterocycles. The lowest BCUT2D eigenvalue weighted by molar-refractivity contribution is 0.172. The molecule has 2 aromatic heterocycles. The van der Waals surface area contributed by atoms with Gasteiger partial charge in [-0.3, -0.25) is 9.78 Å². The third-order valence-electron chi connectivity index (χ3n) is 4.72. The predicted molar refractivity (Wildman–Crippen MR) is 112 cm³/mol. The molecule has 0 amide bonds. The second-order valence-electron chi connectivity index (χ2n) is 6.67. The topological polar surface area (TPSA) is 62.6 Å². The zero-order valence-electron chi connectivity index (χ0n) is 16.1. The molecule has 0 bridgehead atoms. The fourth-order valence-electron chi connectivity index (χ4n) is 3.31. The van der Waals surface area contributed by atoms with Gasteiger partial charge in [0.25, 0.3) is 0 Å². The van der Waals surface area contributed by atoms with E-state index in [-0.39, 0.29) is 5.43 Å². The molecule has 4 rings (SSSR count). The molecule has 6 nitrogen and oxygen atoms in total. The predicted octanol–water partition coefficient (Wildman–Crippen LogP) is 4.04. The molecule has 0 fully saturated rings. The molecule has 150 valence electrons. The largest absolute Gasteiger partial charge is 0.492 e. The maximum absolute atomic E-state index is 12.8. The van der Waals surface area contributed by atoms with Crippen LogP contribution in [0.25, 0.3) is 22.5 Å². The van der Waals surface area contributed by atoms with Crippen LogP contribution in [-0.2, 0) is 11.3 Å². The number of benzene rings is 1. The highest BCUT2D eigenvalue weighted by atomic mass is 35.5. The number of rotatable bonds is 6. The first kappa shape index (κ1) is 19.5. The fourth-order valence-corrected chi connectivity index (χ4v) is 3.53. The van der Waals surface area contributed by atoms with Crippen molar-refractivity contribution in [3.8, 4) is 34.0 Å². The monoisotopic (exact) mass is 412 g/mol. The summed E-state index contributed by atoms with van der Waals surface area (Å²) in [5.41, 5.74) is 2.63. The van der Waals surface area contributed by atoms with Gasteiger partial charge in [-0.15, -0.1) is 0 Å². The van der Waals surface area contributed by atoms with Crippen molar-refractivity contribution in [2.75, 3.05) is 26.9 Å². The number of ether oxygens (including phenoxy) is 3. The van der Waals surface area contributed by atoms with Crippen molar-refractivity contribution in [1.82, 2.24) is 9.55 Å². The van der Waals surface area contributed by atoms with Gasteiger partial charge in [0.1, 0.15) is 18.1 Å². The fraction of sp³-hybridized carbons (Fsp3) is 0.273. The molecule has 0 saturated carbocycles. The number of halogens is 1. The Labute approximate surface area is 173 Å². The average Bonchev–Trinajstić information content (AvgIpc) is 2.90. The van der Waals surface area contributed by atoms with Gasteiger partial charge in [-0.2, -0.15) is 0 Å². The average molecular weight is 413 g/mol. The van der Waals surface area contributed by atoms with E-state index in [1.54, 1.807) is 31.5 Å². The minimum Gasteiger partial charge on any atom is -0.492 e. The molecule has 7 heteroatoms. The Balaban J connectivity index is 1.72. The van der Waals surface area contributed by atoms with Gasteiger partial charge in [0.15, 0.2) is 5.43 Å². The lowest BCUT2D eigenvalue weighted by Gasteiger charge is -2.14. The van der Waals surface area contributed by atoms with Crippen LogP contribution in [0.1, 0.15) is 6.42 Å². The highest BCUT2D eigenvalue weighted by Crippen LogP contribution is 2.40. The quantitative estimate of drug-likeness (QED) is 0.572. The summed E-state index contributed by atoms with van der Waals surface area (Å²) in [4.78, 5) is 17.1. The molecule has 0 spiro atoms. The van der Waals surface area contributed by atoms with Crippen LogP contribution in [0.15, 0.2) is 53.6 Å². The molecular weight excluding hydrogens is 392 g/mol. The van der Waals surface area contributed by atoms with Gasteiger partial charge in [0.05, 0.1) is 35.1 Å². The van der Waals surface area contributed by atoms with E-state index >= 15 is 0 Å². The van der Waals surface area contributed by atoms with Crippen molar-refractivity contribution in [1.29, 1.82) is 0 Å². The van der Waals surface area contributed by atoms with Crippen molar-refractivity contribution in [2.24, 2.45) is 0 Å². The normalized spacial score (nSPS) is 12.5. The van der Waals surface area contributed by atoms with Gasteiger partial charge < -0.3 is 18.8 Å². The van der Waals surface area contributed by atoms with Gasteiger partial charge in [0, 0.05) is 50.2 Å². The van der Waals surface area contributed by atoms with Crippen molar-refractivity contribution >= 4 is 11.6 Å². The second kappa shape index (κ2) is 8.68. The standard InChI is InChI=1S/C22H21ClN2O4/c1-27-8-4-9-28-22-13-21-15(11-17(22)23)19-12-20(26)16(14-25(19)7-10-29-21)18-5-2-3-6-24-18/h2-3,5-6,11-14H,4,7-10H2,1H3. The maximum Gasteiger partial charge on any atom is 0.191 e. The molecule has 0 unspecified atom stereocenters. The molecule has 3 heterocycles. The summed E-state index contributed by atoms with van der Waals surface area (Å²) >= 11 is 6.45. The van der Waals surface area contributed by atoms with Crippen LogP contribution in [0.4, 0.5) is 0 Å². The van der Waals surface area contributed by atoms with E-state index in [0.717, 1.165) is 17.7 Å². The van der Waals surface area contributed by atoms with Crippen LogP contribution in [-0.4, -0.2) is 36.5 Å². The maximum atomic E-state index is 12.8. The molecule has 0 N–H and O–H groups in total. The summed E-state index contributed by atoms with van der Waals surface area (Å²) in [6.45, 7) is 2.19. The third-order valence-corrected chi connectivity index (χ3v) is 5.01. The molecule has 0 atom stereocenters. The van der Waals surface area contributed by atoms with E-state index in [1.165, 1.54) is 0 Å². The van der Waals surface area contributed by atoms with E-state index in [9.17, 15) is 4.79 Å². The lowest BCUT2D eigenvalue weighted by atomic mass is 10.1. The summed E-state index contributed by atoms with van der Waals surface area (Å²) in [7, 11) is 1.65. The van der Waals surface area contributed by atoms with Crippen LogP contribution < -0.4 is 14.9 Å². The van der Waals surface area contributed by atoms with Crippen molar-refractivity contribution < 1.29 is 14.2 Å². The number of fused-ring (bicyclic) bond motifs is 3. The number of methoxy groups -OCH3 is 1. The zero-order valence-corrected chi connectivity index (χ0v) is 16.8. The minimum atomic E-state index is -0.0983. The summed E-state index contributed by atoms with van der Waals surface area (Å²) < 4.78 is 18.7. The van der Waals surface area contributed by atoms with Crippen molar-refractivity contribution in [3.05, 3.63) is 64.0 Å². The molecular formula is C22H21ClN2O4. The molecule has 0 saturated heterocycles. The Morgan fingerprint density at radius 3 is 2.90 bits per heavy atom. The first-order valence-corrected chi connectivity index (χ1v) is 9.79. The highest BCUT2D eigenvalue weighted by Gasteiger charge is 2.20. The Morgan fingerprint density at radius 1 is 1.21 bits per heavy atom. The van der Waals surface area contributed by atoms with Crippen LogP contribution in [0.5, 0.6) is 11.5 Å². The van der Waals surface area contributed by atoms with Crippen LogP contribution in [0, 0.1) is 0 Å². The molecule has 0 radical (unpaired) electrons. The SMILES string of the molecule is COCCCOc1cc2c(cc1Cl)-c1cc(=O)c(-c3ccccn3)cn1CCO2. The molecule has 1 aliphatic rings. The Bertz CT molecular complexity index is 1070. The summed E-state index contributed by atoms with van der Waals surface area (Å²) in [5.74, 6) is 1.20. The smallest absolute Gasteiger partial charge is 0.191 e. The molecule has 29 heavy (non-hydrogen) atoms. The number of pyridine rings is 2. The van der Waals surface area contributed by atoms with E-state index < -0.39 is 0 Å². The van der Waals surface area contributed by atoms with Crippen molar-refractivity contribution in [3.63, 3.8) is 0 Å². The Hall–Kier alpha value is -2.83. The van der Waals surface area contributed by atoms with E-state index in [0.29, 0.717) is 54.1 Å². The van der Waals surface area contributed by atoms with Gasteiger partial charge in [0.2, 0.25) is 0 Å². The first-order chi connectivity index (χ1) is 14.2. The van der Waals surface area contributed by atoms with Crippen LogP contribution >= 0.6 is 11.6 Å². The second-order valence-corrected chi connectivity index (χ2v) is 7.07. The minimum absolute atomic E-state index is 0.0983. The number of nitrogens with zero attached hydrogens (tertiary/aromatic N) is 2. The third kappa shape index (κ3) is 4.13. The number of aromatic nitrogens is 2. The van der Waals surface area contributed by atoms with Gasteiger partial charge in [-0.1, -0.05) is 17.7 Å². The first-order valence-electron chi connectivity index (χ1n) is 9.41. The van der Waals surface area contributed by atoms with Crippen LogP contribution in [0.2, 0.25) is 5.02 Å². The molecule has 1 aromatic carbocycles. The summed E-state index contributed by atoms with van der Waals surface area (Å²) in [5, 5.41) is 0.472. The molecule has 3 aromatic rings. The molecule has 0 aliphatic carbocycles. The Kier molecular flexibility index (Phi) is 5.83. The number of hydrogen-bond acceptors (Lipinski definition) is 5. The number of hydrogen-bond donors (Lipinski definition) is 0. The van der Waals surface area contributed by atoms with Gasteiger partial charge in [-0.25, -0.2) is 0 Å². The lowest BCUT2D eigenvalue weighted by Crippen LogP contribution is -2.13. The Morgan fingerprint density at radius 2 is 2.10 bits per heavy atom. The zero-order chi connectivity index (χ0) is 20.2. The van der Waals surface area contributed by atoms with E-state index in [2.05, 4.69) is 4.98 Å². The summed E-state index contributed by atoms with van der Waals surface area (Å²) in [6.07, 6.45) is 4.28. The van der Waals surface area contributed by atoms with E-state index in [1.807, 2.05) is 29.0 Å². The van der Waals surface area contributed by atoms with E-state index in [4.69, 9.17) is 25.8 Å². The van der Waals surface area contributed by atoms with Crippen molar-refractivity contribution in [2.45, 2.75) is 13.0 Å². The summed E-state index contributed by atoms with van der Waals surface area (Å²) in [6, 6.07) is 10.7. The van der Waals surface area contributed by atoms with Gasteiger partial charge >= 0.3 is 0 Å². The highest BCUT2D eigenvalue weighted by molar-refractivity contribution is 6.32.